The zero-order valence-corrected chi connectivity index (χ0v) is 13.7. The molecule has 0 spiro atoms. The molecule has 0 radical (unpaired) electrons. The SMILES string of the molecule is CC[C@H](C)[C@H](NC(=O)c1cnn(-c2ccc([N+](=O)[O-])cc2)c1)C(=O)O. The Hall–Kier alpha value is -3.23. The Kier molecular flexibility index (Phi) is 5.48. The number of amides is 1. The lowest BCUT2D eigenvalue weighted by Crippen LogP contribution is -2.44. The molecule has 2 rings (SSSR count). The van der Waals surface area contributed by atoms with Gasteiger partial charge in [0.25, 0.3) is 11.6 Å². The van der Waals surface area contributed by atoms with Crippen LogP contribution in [0.25, 0.3) is 5.69 Å². The third-order valence-electron chi connectivity index (χ3n) is 3.94. The highest BCUT2D eigenvalue weighted by molar-refractivity contribution is 5.96. The summed E-state index contributed by atoms with van der Waals surface area (Å²) >= 11 is 0. The summed E-state index contributed by atoms with van der Waals surface area (Å²) < 4.78 is 1.39. The molecular weight excluding hydrogens is 328 g/mol. The van der Waals surface area contributed by atoms with E-state index in [0.717, 1.165) is 0 Å². The monoisotopic (exact) mass is 346 g/mol. The van der Waals surface area contributed by atoms with Gasteiger partial charge in [-0.25, -0.2) is 9.48 Å². The molecule has 0 aliphatic carbocycles. The van der Waals surface area contributed by atoms with E-state index in [1.54, 1.807) is 6.92 Å². The van der Waals surface area contributed by atoms with Gasteiger partial charge >= 0.3 is 5.97 Å². The van der Waals surface area contributed by atoms with Crippen LogP contribution >= 0.6 is 0 Å². The van der Waals surface area contributed by atoms with Crippen molar-refractivity contribution >= 4 is 17.6 Å². The maximum absolute atomic E-state index is 12.3. The van der Waals surface area contributed by atoms with Gasteiger partial charge in [0.05, 0.1) is 22.4 Å². The summed E-state index contributed by atoms with van der Waals surface area (Å²) in [6.45, 7) is 3.60. The average molecular weight is 346 g/mol. The number of hydrogen-bond acceptors (Lipinski definition) is 5. The van der Waals surface area contributed by atoms with Crippen molar-refractivity contribution in [1.29, 1.82) is 0 Å². The van der Waals surface area contributed by atoms with Crippen LogP contribution < -0.4 is 5.32 Å². The van der Waals surface area contributed by atoms with Gasteiger partial charge in [-0.3, -0.25) is 14.9 Å². The molecular formula is C16H18N4O5. The third kappa shape index (κ3) is 4.19. The van der Waals surface area contributed by atoms with Crippen molar-refractivity contribution in [1.82, 2.24) is 15.1 Å². The molecule has 0 aliphatic rings. The molecule has 1 aromatic carbocycles. The van der Waals surface area contributed by atoms with E-state index in [-0.39, 0.29) is 17.2 Å². The van der Waals surface area contributed by atoms with Crippen molar-refractivity contribution in [2.24, 2.45) is 5.92 Å². The molecule has 2 N–H and O–H groups in total. The van der Waals surface area contributed by atoms with E-state index >= 15 is 0 Å². The fraction of sp³-hybridized carbons (Fsp3) is 0.312. The van der Waals surface area contributed by atoms with Crippen molar-refractivity contribution in [2.75, 3.05) is 0 Å². The number of nitrogens with zero attached hydrogens (tertiary/aromatic N) is 3. The summed E-state index contributed by atoms with van der Waals surface area (Å²) in [7, 11) is 0. The largest absolute Gasteiger partial charge is 0.480 e. The van der Waals surface area contributed by atoms with Crippen LogP contribution in [0.2, 0.25) is 0 Å². The van der Waals surface area contributed by atoms with Crippen LogP contribution in [0.15, 0.2) is 36.7 Å². The molecule has 1 aromatic heterocycles. The molecule has 132 valence electrons. The van der Waals surface area contributed by atoms with E-state index in [0.29, 0.717) is 12.1 Å². The average Bonchev–Trinajstić information content (AvgIpc) is 3.08. The first-order valence-electron chi connectivity index (χ1n) is 7.66. The van der Waals surface area contributed by atoms with E-state index < -0.39 is 22.8 Å². The van der Waals surface area contributed by atoms with Gasteiger partial charge < -0.3 is 10.4 Å². The quantitative estimate of drug-likeness (QED) is 0.583. The lowest BCUT2D eigenvalue weighted by atomic mass is 9.99. The normalized spacial score (nSPS) is 13.0. The highest BCUT2D eigenvalue weighted by Crippen LogP contribution is 2.15. The maximum Gasteiger partial charge on any atom is 0.326 e. The lowest BCUT2D eigenvalue weighted by molar-refractivity contribution is -0.384. The molecule has 0 aliphatic heterocycles. The number of benzene rings is 1. The van der Waals surface area contributed by atoms with Crippen molar-refractivity contribution < 1.29 is 19.6 Å². The zero-order valence-electron chi connectivity index (χ0n) is 13.7. The second-order valence-corrected chi connectivity index (χ2v) is 5.62. The Morgan fingerprint density at radius 3 is 2.52 bits per heavy atom. The Bertz CT molecular complexity index is 784. The predicted octanol–water partition coefficient (Wildman–Crippen LogP) is 2.01. The zero-order chi connectivity index (χ0) is 18.6. The number of nitro benzene ring substituents is 1. The molecule has 2 aromatic rings. The molecule has 0 saturated heterocycles. The van der Waals surface area contributed by atoms with Crippen LogP contribution in [-0.2, 0) is 4.79 Å². The van der Waals surface area contributed by atoms with Gasteiger partial charge in [0.1, 0.15) is 6.04 Å². The number of carboxylic acids is 1. The molecule has 25 heavy (non-hydrogen) atoms. The second kappa shape index (κ2) is 7.56. The summed E-state index contributed by atoms with van der Waals surface area (Å²) in [5, 5.41) is 26.4. The number of carbonyl (C=O) groups excluding carboxylic acids is 1. The summed E-state index contributed by atoms with van der Waals surface area (Å²) in [4.78, 5) is 33.7. The summed E-state index contributed by atoms with van der Waals surface area (Å²) in [5.74, 6) is -1.85. The first kappa shape index (κ1) is 18.1. The summed E-state index contributed by atoms with van der Waals surface area (Å²) in [6.07, 6.45) is 3.36. The van der Waals surface area contributed by atoms with E-state index in [4.69, 9.17) is 0 Å². The highest BCUT2D eigenvalue weighted by Gasteiger charge is 2.26. The fourth-order valence-corrected chi connectivity index (χ4v) is 2.22. The van der Waals surface area contributed by atoms with Crippen molar-refractivity contribution in [3.63, 3.8) is 0 Å². The van der Waals surface area contributed by atoms with Crippen LogP contribution in [0.5, 0.6) is 0 Å². The van der Waals surface area contributed by atoms with Gasteiger partial charge in [-0.05, 0) is 18.1 Å². The minimum atomic E-state index is -1.09. The molecule has 9 heteroatoms. The van der Waals surface area contributed by atoms with Crippen LogP contribution in [0.3, 0.4) is 0 Å². The number of hydrogen-bond donors (Lipinski definition) is 2. The van der Waals surface area contributed by atoms with E-state index in [2.05, 4.69) is 10.4 Å². The summed E-state index contributed by atoms with van der Waals surface area (Å²) in [5.41, 5.74) is 0.695. The molecule has 1 amide bonds. The first-order chi connectivity index (χ1) is 11.8. The molecule has 0 unspecified atom stereocenters. The highest BCUT2D eigenvalue weighted by atomic mass is 16.6. The van der Waals surface area contributed by atoms with Crippen LogP contribution in [-0.4, -0.2) is 37.7 Å². The fourth-order valence-electron chi connectivity index (χ4n) is 2.22. The Morgan fingerprint density at radius 1 is 1.36 bits per heavy atom. The van der Waals surface area contributed by atoms with Crippen LogP contribution in [0.1, 0.15) is 30.6 Å². The van der Waals surface area contributed by atoms with Crippen molar-refractivity contribution in [3.8, 4) is 5.69 Å². The van der Waals surface area contributed by atoms with Gasteiger partial charge in [0.15, 0.2) is 0 Å². The first-order valence-corrected chi connectivity index (χ1v) is 7.66. The molecule has 9 nitrogen and oxygen atoms in total. The van der Waals surface area contributed by atoms with Gasteiger partial charge in [-0.2, -0.15) is 5.10 Å². The van der Waals surface area contributed by atoms with Crippen LogP contribution in [0, 0.1) is 16.0 Å². The number of nitro groups is 1. The molecule has 0 fully saturated rings. The number of carboxylic acid groups (broad SMARTS) is 1. The maximum atomic E-state index is 12.3. The van der Waals surface area contributed by atoms with E-state index in [9.17, 15) is 24.8 Å². The topological polar surface area (TPSA) is 127 Å². The minimum absolute atomic E-state index is 0.0493. The minimum Gasteiger partial charge on any atom is -0.480 e. The second-order valence-electron chi connectivity index (χ2n) is 5.62. The number of aromatic nitrogens is 2. The van der Waals surface area contributed by atoms with E-state index in [1.807, 2.05) is 6.92 Å². The number of aliphatic carboxylic acids is 1. The van der Waals surface area contributed by atoms with Gasteiger partial charge in [0.2, 0.25) is 0 Å². The number of rotatable bonds is 7. The van der Waals surface area contributed by atoms with Crippen LogP contribution in [0.4, 0.5) is 5.69 Å². The predicted molar refractivity (Wildman–Crippen MR) is 88.6 cm³/mol. The van der Waals surface area contributed by atoms with Crippen molar-refractivity contribution in [3.05, 3.63) is 52.3 Å². The van der Waals surface area contributed by atoms with Gasteiger partial charge in [-0.15, -0.1) is 0 Å². The van der Waals surface area contributed by atoms with E-state index in [1.165, 1.54) is 41.3 Å². The Morgan fingerprint density at radius 2 is 2.00 bits per heavy atom. The molecule has 2 atom stereocenters. The molecule has 0 saturated carbocycles. The Balaban J connectivity index is 2.15. The third-order valence-corrected chi connectivity index (χ3v) is 3.94. The molecule has 0 bridgehead atoms. The van der Waals surface area contributed by atoms with Gasteiger partial charge in [-0.1, -0.05) is 20.3 Å². The standard InChI is InChI=1S/C16H18N4O5/c1-3-10(2)14(16(22)23)18-15(21)11-8-17-19(9-11)12-4-6-13(7-5-12)20(24)25/h4-10,14H,3H2,1-2H3,(H,18,21)(H,22,23)/t10-,14-/m0/s1. The molecule has 1 heterocycles. The summed E-state index contributed by atoms with van der Waals surface area (Å²) in [6, 6.07) is 4.69. The van der Waals surface area contributed by atoms with Gasteiger partial charge in [0, 0.05) is 18.3 Å². The lowest BCUT2D eigenvalue weighted by Gasteiger charge is -2.19. The number of nitrogens with one attached hydrogen (secondary N) is 1. The van der Waals surface area contributed by atoms with Crippen molar-refractivity contribution in [2.45, 2.75) is 26.3 Å². The Labute approximate surface area is 143 Å². The smallest absolute Gasteiger partial charge is 0.326 e. The number of carbonyl (C=O) groups is 2. The number of non-ortho nitro benzene ring substituents is 1.